The number of carbonyl (C=O) groups is 2. The van der Waals surface area contributed by atoms with Crippen LogP contribution >= 0.6 is 15.9 Å². The lowest BCUT2D eigenvalue weighted by Crippen LogP contribution is -2.30. The summed E-state index contributed by atoms with van der Waals surface area (Å²) in [5.41, 5.74) is 3.81. The molecule has 0 aliphatic carbocycles. The Hall–Kier alpha value is -2.96. The minimum absolute atomic E-state index is 0.105. The minimum Gasteiger partial charge on any atom is -0.372 e. The van der Waals surface area contributed by atoms with Crippen LogP contribution in [0, 0.1) is 0 Å². The number of hydrogen-bond acceptors (Lipinski definition) is 3. The molecule has 3 rings (SSSR count). The molecular weight excluding hydrogens is 456 g/mol. The Morgan fingerprint density at radius 3 is 2.03 bits per heavy atom. The monoisotopic (exact) mass is 480 g/mol. The molecule has 31 heavy (non-hydrogen) atoms. The molecule has 3 aromatic rings. The standard InChI is InChI=1S/C25H25BrN2O3/c26-23-12-10-22(11-13-23)25(30)27-15-14-24(29)28-16-19-6-8-21(9-7-19)18-31-17-20-4-2-1-3-5-20/h1-13H,14-18H2,(H,27,30)(H,28,29). The summed E-state index contributed by atoms with van der Waals surface area (Å²) in [5.74, 6) is -0.295. The molecule has 2 N–H and O–H groups in total. The Labute approximate surface area is 191 Å². The predicted molar refractivity (Wildman–Crippen MR) is 124 cm³/mol. The molecule has 0 spiro atoms. The van der Waals surface area contributed by atoms with Crippen LogP contribution in [0.3, 0.4) is 0 Å². The van der Waals surface area contributed by atoms with E-state index in [4.69, 9.17) is 4.74 Å². The van der Waals surface area contributed by atoms with Crippen molar-refractivity contribution in [2.45, 2.75) is 26.2 Å². The summed E-state index contributed by atoms with van der Waals surface area (Å²) in [4.78, 5) is 24.1. The van der Waals surface area contributed by atoms with Gasteiger partial charge in [-0.05, 0) is 41.0 Å². The molecule has 0 fully saturated rings. The first-order valence-corrected chi connectivity index (χ1v) is 10.9. The second-order valence-corrected chi connectivity index (χ2v) is 8.00. The largest absolute Gasteiger partial charge is 0.372 e. The van der Waals surface area contributed by atoms with Crippen molar-refractivity contribution >= 4 is 27.7 Å². The van der Waals surface area contributed by atoms with E-state index in [0.717, 1.165) is 21.2 Å². The third-order valence-corrected chi connectivity index (χ3v) is 5.17. The molecule has 5 nitrogen and oxygen atoms in total. The normalized spacial score (nSPS) is 10.5. The molecule has 0 aliphatic rings. The van der Waals surface area contributed by atoms with Crippen LogP contribution in [0.1, 0.15) is 33.5 Å². The van der Waals surface area contributed by atoms with Crippen molar-refractivity contribution in [1.29, 1.82) is 0 Å². The van der Waals surface area contributed by atoms with Gasteiger partial charge in [-0.2, -0.15) is 0 Å². The lowest BCUT2D eigenvalue weighted by molar-refractivity contribution is -0.121. The van der Waals surface area contributed by atoms with E-state index in [9.17, 15) is 9.59 Å². The van der Waals surface area contributed by atoms with Crippen LogP contribution in [0.15, 0.2) is 83.3 Å². The van der Waals surface area contributed by atoms with E-state index < -0.39 is 0 Å². The Balaban J connectivity index is 1.32. The maximum atomic E-state index is 12.0. The fourth-order valence-electron chi connectivity index (χ4n) is 2.90. The summed E-state index contributed by atoms with van der Waals surface area (Å²) in [6.07, 6.45) is 0.230. The Morgan fingerprint density at radius 1 is 0.742 bits per heavy atom. The van der Waals surface area contributed by atoms with Gasteiger partial charge in [-0.1, -0.05) is 70.5 Å². The molecule has 160 valence electrons. The lowest BCUT2D eigenvalue weighted by Gasteiger charge is -2.08. The predicted octanol–water partition coefficient (Wildman–Crippen LogP) is 4.60. The van der Waals surface area contributed by atoms with Crippen molar-refractivity contribution < 1.29 is 14.3 Å². The quantitative estimate of drug-likeness (QED) is 0.445. The highest BCUT2D eigenvalue weighted by atomic mass is 79.9. The zero-order valence-corrected chi connectivity index (χ0v) is 18.7. The van der Waals surface area contributed by atoms with Gasteiger partial charge in [-0.25, -0.2) is 0 Å². The molecule has 2 amide bonds. The second kappa shape index (κ2) is 12.0. The number of benzene rings is 3. The molecule has 0 bridgehead atoms. The van der Waals surface area contributed by atoms with Crippen LogP contribution in [0.4, 0.5) is 0 Å². The number of halogens is 1. The molecule has 6 heteroatoms. The van der Waals surface area contributed by atoms with Crippen molar-refractivity contribution in [2.75, 3.05) is 6.54 Å². The molecule has 3 aromatic carbocycles. The van der Waals surface area contributed by atoms with Gasteiger partial charge in [0.25, 0.3) is 5.91 Å². The van der Waals surface area contributed by atoms with Gasteiger partial charge in [0.05, 0.1) is 13.2 Å². The van der Waals surface area contributed by atoms with E-state index in [2.05, 4.69) is 26.6 Å². The van der Waals surface area contributed by atoms with Gasteiger partial charge >= 0.3 is 0 Å². The summed E-state index contributed by atoms with van der Waals surface area (Å²) >= 11 is 3.34. The fraction of sp³-hybridized carbons (Fsp3) is 0.200. The van der Waals surface area contributed by atoms with Gasteiger partial charge in [-0.15, -0.1) is 0 Å². The maximum Gasteiger partial charge on any atom is 0.251 e. The van der Waals surface area contributed by atoms with Gasteiger partial charge in [0.1, 0.15) is 0 Å². The van der Waals surface area contributed by atoms with Gasteiger partial charge < -0.3 is 15.4 Å². The highest BCUT2D eigenvalue weighted by Crippen LogP contribution is 2.10. The first-order chi connectivity index (χ1) is 15.1. The highest BCUT2D eigenvalue weighted by molar-refractivity contribution is 9.10. The lowest BCUT2D eigenvalue weighted by atomic mass is 10.1. The summed E-state index contributed by atoms with van der Waals surface area (Å²) in [7, 11) is 0. The van der Waals surface area contributed by atoms with Crippen molar-refractivity contribution in [1.82, 2.24) is 10.6 Å². The van der Waals surface area contributed by atoms with Crippen LogP contribution in [-0.2, 0) is 29.3 Å². The molecule has 0 atom stereocenters. The summed E-state index contributed by atoms with van der Waals surface area (Å²) in [6.45, 7) is 1.86. The molecule has 0 unspecified atom stereocenters. The molecule has 0 saturated carbocycles. The van der Waals surface area contributed by atoms with E-state index in [1.807, 2.05) is 66.7 Å². The average Bonchev–Trinajstić information content (AvgIpc) is 2.79. The second-order valence-electron chi connectivity index (χ2n) is 7.08. The number of rotatable bonds is 10. The van der Waals surface area contributed by atoms with Gasteiger partial charge in [0.15, 0.2) is 0 Å². The fourth-order valence-corrected chi connectivity index (χ4v) is 3.16. The highest BCUT2D eigenvalue weighted by Gasteiger charge is 2.07. The van der Waals surface area contributed by atoms with Crippen molar-refractivity contribution in [3.63, 3.8) is 0 Å². The summed E-state index contributed by atoms with van der Waals surface area (Å²) in [6, 6.07) is 25.1. The van der Waals surface area contributed by atoms with Crippen molar-refractivity contribution in [3.8, 4) is 0 Å². The van der Waals surface area contributed by atoms with Crippen LogP contribution in [0.2, 0.25) is 0 Å². The number of amides is 2. The molecule has 0 radical (unpaired) electrons. The number of carbonyl (C=O) groups excluding carboxylic acids is 2. The average molecular weight is 481 g/mol. The number of ether oxygens (including phenoxy) is 1. The molecule has 0 aliphatic heterocycles. The first-order valence-electron chi connectivity index (χ1n) is 10.1. The SMILES string of the molecule is O=C(CCNC(=O)c1ccc(Br)cc1)NCc1ccc(COCc2ccccc2)cc1. The van der Waals surface area contributed by atoms with Crippen molar-refractivity contribution in [2.24, 2.45) is 0 Å². The van der Waals surface area contributed by atoms with Crippen LogP contribution in [0.25, 0.3) is 0 Å². The summed E-state index contributed by atoms with van der Waals surface area (Å²) < 4.78 is 6.65. The van der Waals surface area contributed by atoms with E-state index in [1.165, 1.54) is 0 Å². The minimum atomic E-state index is -0.189. The third-order valence-electron chi connectivity index (χ3n) is 4.64. The zero-order valence-electron chi connectivity index (χ0n) is 17.1. The van der Waals surface area contributed by atoms with Crippen molar-refractivity contribution in [3.05, 3.63) is 106 Å². The van der Waals surface area contributed by atoms with E-state index in [-0.39, 0.29) is 18.2 Å². The molecule has 0 aromatic heterocycles. The van der Waals surface area contributed by atoms with E-state index in [1.54, 1.807) is 12.1 Å². The Kier molecular flexibility index (Phi) is 8.82. The van der Waals surface area contributed by atoms with Gasteiger partial charge in [0.2, 0.25) is 5.91 Å². The topological polar surface area (TPSA) is 67.4 Å². The van der Waals surface area contributed by atoms with Gasteiger partial charge in [0, 0.05) is 29.5 Å². The Morgan fingerprint density at radius 2 is 1.35 bits per heavy atom. The number of nitrogens with one attached hydrogen (secondary N) is 2. The first kappa shape index (κ1) is 22.7. The molecule has 0 saturated heterocycles. The van der Waals surface area contributed by atoms with E-state index >= 15 is 0 Å². The van der Waals surface area contributed by atoms with Crippen LogP contribution in [0.5, 0.6) is 0 Å². The third kappa shape index (κ3) is 8.00. The Bertz CT molecular complexity index is 974. The summed E-state index contributed by atoms with van der Waals surface area (Å²) in [5, 5.41) is 5.63. The zero-order chi connectivity index (χ0) is 21.9. The van der Waals surface area contributed by atoms with Crippen LogP contribution < -0.4 is 10.6 Å². The smallest absolute Gasteiger partial charge is 0.251 e. The van der Waals surface area contributed by atoms with E-state index in [0.29, 0.717) is 31.9 Å². The van der Waals surface area contributed by atoms with Gasteiger partial charge in [-0.3, -0.25) is 9.59 Å². The van der Waals surface area contributed by atoms with Crippen LogP contribution in [-0.4, -0.2) is 18.4 Å². The molecule has 0 heterocycles. The molecular formula is C25H25BrN2O3. The maximum absolute atomic E-state index is 12.0. The number of hydrogen-bond donors (Lipinski definition) is 2.